The SMILES string of the molecule is CC(C)Oc1cc2c(-c3cc(N4CCN(C)CC4)ncn3)n[nH]c2cn1. The van der Waals surface area contributed by atoms with Gasteiger partial charge in [-0.2, -0.15) is 5.10 Å². The van der Waals surface area contributed by atoms with E-state index in [1.807, 2.05) is 26.0 Å². The van der Waals surface area contributed by atoms with Crippen molar-refractivity contribution in [3.63, 3.8) is 0 Å². The summed E-state index contributed by atoms with van der Waals surface area (Å²) in [6, 6.07) is 3.91. The summed E-state index contributed by atoms with van der Waals surface area (Å²) in [7, 11) is 2.14. The highest BCUT2D eigenvalue weighted by molar-refractivity contribution is 5.92. The van der Waals surface area contributed by atoms with Crippen LogP contribution in [0.25, 0.3) is 22.3 Å². The molecule has 4 heterocycles. The average molecular weight is 353 g/mol. The van der Waals surface area contributed by atoms with E-state index in [9.17, 15) is 0 Å². The number of rotatable bonds is 4. The van der Waals surface area contributed by atoms with Crippen molar-refractivity contribution in [1.82, 2.24) is 30.0 Å². The first kappa shape index (κ1) is 16.7. The Balaban J connectivity index is 1.68. The molecule has 1 aliphatic rings. The van der Waals surface area contributed by atoms with Gasteiger partial charge in [-0.1, -0.05) is 0 Å². The van der Waals surface area contributed by atoms with Gasteiger partial charge < -0.3 is 14.5 Å². The first-order chi connectivity index (χ1) is 12.6. The molecular formula is C18H23N7O. The Hall–Kier alpha value is -2.74. The van der Waals surface area contributed by atoms with E-state index < -0.39 is 0 Å². The van der Waals surface area contributed by atoms with Crippen LogP contribution >= 0.6 is 0 Å². The first-order valence-corrected chi connectivity index (χ1v) is 8.87. The molecule has 0 aromatic carbocycles. The zero-order valence-electron chi connectivity index (χ0n) is 15.3. The number of nitrogens with zero attached hydrogens (tertiary/aromatic N) is 6. The van der Waals surface area contributed by atoms with Gasteiger partial charge in [-0.3, -0.25) is 5.10 Å². The number of nitrogens with one attached hydrogen (secondary N) is 1. The third-order valence-electron chi connectivity index (χ3n) is 4.50. The molecule has 0 radical (unpaired) electrons. The maximum atomic E-state index is 5.71. The van der Waals surface area contributed by atoms with Crippen molar-refractivity contribution in [1.29, 1.82) is 0 Å². The Labute approximate surface area is 152 Å². The van der Waals surface area contributed by atoms with E-state index in [1.165, 1.54) is 0 Å². The van der Waals surface area contributed by atoms with Crippen LogP contribution in [0.15, 0.2) is 24.7 Å². The Kier molecular flexibility index (Phi) is 4.42. The Morgan fingerprint density at radius 1 is 1.08 bits per heavy atom. The van der Waals surface area contributed by atoms with Gasteiger partial charge in [0.2, 0.25) is 5.88 Å². The van der Waals surface area contributed by atoms with E-state index in [0.29, 0.717) is 5.88 Å². The molecule has 136 valence electrons. The molecule has 8 heteroatoms. The minimum absolute atomic E-state index is 0.0678. The quantitative estimate of drug-likeness (QED) is 0.767. The zero-order valence-corrected chi connectivity index (χ0v) is 15.3. The van der Waals surface area contributed by atoms with E-state index in [4.69, 9.17) is 4.74 Å². The van der Waals surface area contributed by atoms with Crippen molar-refractivity contribution in [2.24, 2.45) is 0 Å². The van der Waals surface area contributed by atoms with E-state index in [2.05, 4.69) is 42.0 Å². The molecule has 1 aliphatic heterocycles. The largest absolute Gasteiger partial charge is 0.475 e. The van der Waals surface area contributed by atoms with Gasteiger partial charge in [-0.25, -0.2) is 15.0 Å². The van der Waals surface area contributed by atoms with E-state index in [0.717, 1.165) is 54.3 Å². The van der Waals surface area contributed by atoms with Gasteiger partial charge in [0.15, 0.2) is 0 Å². The van der Waals surface area contributed by atoms with Crippen molar-refractivity contribution in [3.05, 3.63) is 24.7 Å². The molecule has 0 amide bonds. The lowest BCUT2D eigenvalue weighted by molar-refractivity contribution is 0.233. The number of pyridine rings is 1. The summed E-state index contributed by atoms with van der Waals surface area (Å²) in [6.45, 7) is 7.96. The fraction of sp³-hybridized carbons (Fsp3) is 0.444. The minimum atomic E-state index is 0.0678. The molecule has 26 heavy (non-hydrogen) atoms. The second-order valence-corrected chi connectivity index (χ2v) is 6.86. The van der Waals surface area contributed by atoms with Crippen LogP contribution in [0.5, 0.6) is 5.88 Å². The summed E-state index contributed by atoms with van der Waals surface area (Å²) in [6.07, 6.45) is 3.42. The number of hydrogen-bond donors (Lipinski definition) is 1. The summed E-state index contributed by atoms with van der Waals surface area (Å²) in [4.78, 5) is 17.8. The van der Waals surface area contributed by atoms with Gasteiger partial charge in [-0.15, -0.1) is 0 Å². The number of likely N-dealkylation sites (N-methyl/N-ethyl adjacent to an activating group) is 1. The van der Waals surface area contributed by atoms with Crippen molar-refractivity contribution in [2.75, 3.05) is 38.1 Å². The number of H-pyrrole nitrogens is 1. The smallest absolute Gasteiger partial charge is 0.214 e. The summed E-state index contributed by atoms with van der Waals surface area (Å²) < 4.78 is 5.71. The molecule has 8 nitrogen and oxygen atoms in total. The fourth-order valence-electron chi connectivity index (χ4n) is 3.08. The highest BCUT2D eigenvalue weighted by Gasteiger charge is 2.18. The van der Waals surface area contributed by atoms with Crippen molar-refractivity contribution in [2.45, 2.75) is 20.0 Å². The molecular weight excluding hydrogens is 330 g/mol. The normalized spacial score (nSPS) is 15.8. The van der Waals surface area contributed by atoms with Gasteiger partial charge in [0, 0.05) is 43.7 Å². The van der Waals surface area contributed by atoms with Crippen LogP contribution in [-0.4, -0.2) is 69.4 Å². The monoisotopic (exact) mass is 353 g/mol. The lowest BCUT2D eigenvalue weighted by atomic mass is 10.2. The van der Waals surface area contributed by atoms with Crippen molar-refractivity contribution < 1.29 is 4.74 Å². The second-order valence-electron chi connectivity index (χ2n) is 6.86. The van der Waals surface area contributed by atoms with E-state index in [1.54, 1.807) is 12.5 Å². The topological polar surface area (TPSA) is 83.1 Å². The lowest BCUT2D eigenvalue weighted by Crippen LogP contribution is -2.44. The predicted molar refractivity (Wildman–Crippen MR) is 100 cm³/mol. The Bertz CT molecular complexity index is 899. The Morgan fingerprint density at radius 2 is 1.88 bits per heavy atom. The maximum Gasteiger partial charge on any atom is 0.214 e. The Morgan fingerprint density at radius 3 is 2.65 bits per heavy atom. The molecule has 1 saturated heterocycles. The second kappa shape index (κ2) is 6.87. The summed E-state index contributed by atoms with van der Waals surface area (Å²) in [5.74, 6) is 1.52. The molecule has 4 rings (SSSR count). The predicted octanol–water partition coefficient (Wildman–Crippen LogP) is 1.95. The van der Waals surface area contributed by atoms with Crippen LogP contribution in [0.2, 0.25) is 0 Å². The molecule has 1 N–H and O–H groups in total. The van der Waals surface area contributed by atoms with Crippen LogP contribution in [0.3, 0.4) is 0 Å². The molecule has 0 bridgehead atoms. The van der Waals surface area contributed by atoms with Gasteiger partial charge in [0.05, 0.1) is 23.5 Å². The number of ether oxygens (including phenoxy) is 1. The molecule has 0 saturated carbocycles. The van der Waals surface area contributed by atoms with Crippen molar-refractivity contribution in [3.8, 4) is 17.3 Å². The van der Waals surface area contributed by atoms with Crippen LogP contribution in [-0.2, 0) is 0 Å². The lowest BCUT2D eigenvalue weighted by Gasteiger charge is -2.33. The number of aromatic amines is 1. The molecule has 0 spiro atoms. The molecule has 3 aromatic heterocycles. The first-order valence-electron chi connectivity index (χ1n) is 8.87. The molecule has 1 fully saturated rings. The number of aromatic nitrogens is 5. The van der Waals surface area contributed by atoms with Crippen LogP contribution in [0.1, 0.15) is 13.8 Å². The molecule has 0 atom stereocenters. The standard InChI is InChI=1S/C18H23N7O/c1-12(2)26-17-8-13-15(10-19-17)22-23-18(13)14-9-16(21-11-20-14)25-6-4-24(3)5-7-25/h8-12H,4-7H2,1-3H3,(H,22,23). The zero-order chi connectivity index (χ0) is 18.1. The van der Waals surface area contributed by atoms with Crippen LogP contribution < -0.4 is 9.64 Å². The van der Waals surface area contributed by atoms with Gasteiger partial charge in [0.25, 0.3) is 0 Å². The number of anilines is 1. The number of piperazine rings is 1. The van der Waals surface area contributed by atoms with Gasteiger partial charge >= 0.3 is 0 Å². The summed E-state index contributed by atoms with van der Waals surface area (Å²) in [5, 5.41) is 8.41. The fourth-order valence-corrected chi connectivity index (χ4v) is 3.08. The minimum Gasteiger partial charge on any atom is -0.475 e. The number of fused-ring (bicyclic) bond motifs is 1. The number of hydrogen-bond acceptors (Lipinski definition) is 7. The van der Waals surface area contributed by atoms with Crippen molar-refractivity contribution >= 4 is 16.7 Å². The molecule has 0 unspecified atom stereocenters. The van der Waals surface area contributed by atoms with Crippen LogP contribution in [0.4, 0.5) is 5.82 Å². The highest BCUT2D eigenvalue weighted by Crippen LogP contribution is 2.28. The third kappa shape index (κ3) is 3.32. The molecule has 0 aliphatic carbocycles. The van der Waals surface area contributed by atoms with Crippen LogP contribution in [0, 0.1) is 0 Å². The summed E-state index contributed by atoms with van der Waals surface area (Å²) in [5.41, 5.74) is 2.44. The van der Waals surface area contributed by atoms with Gasteiger partial charge in [0.1, 0.15) is 17.8 Å². The van der Waals surface area contributed by atoms with Gasteiger partial charge in [-0.05, 0) is 20.9 Å². The highest BCUT2D eigenvalue weighted by atomic mass is 16.5. The van der Waals surface area contributed by atoms with E-state index >= 15 is 0 Å². The van der Waals surface area contributed by atoms with E-state index in [-0.39, 0.29) is 6.10 Å². The summed E-state index contributed by atoms with van der Waals surface area (Å²) >= 11 is 0. The third-order valence-corrected chi connectivity index (χ3v) is 4.50. The average Bonchev–Trinajstić information content (AvgIpc) is 3.05. The maximum absolute atomic E-state index is 5.71. The molecule has 3 aromatic rings.